The van der Waals surface area contributed by atoms with Crippen molar-refractivity contribution in [1.82, 2.24) is 9.62 Å². The van der Waals surface area contributed by atoms with E-state index in [0.717, 1.165) is 0 Å². The third-order valence-corrected chi connectivity index (χ3v) is 5.52. The first-order valence-corrected chi connectivity index (χ1v) is 8.94. The van der Waals surface area contributed by atoms with E-state index in [2.05, 4.69) is 4.72 Å². The Hall–Kier alpha value is -0.710. The number of carboxylic acids is 1. The van der Waals surface area contributed by atoms with Gasteiger partial charge in [0, 0.05) is 22.7 Å². The smallest absolute Gasteiger partial charge is 0.336 e. The van der Waals surface area contributed by atoms with Gasteiger partial charge in [-0.05, 0) is 61.7 Å². The SMILES string of the molecule is CC(C)N(C)CCNS(=O)(=O)c1ccc(I)c(C(=O)O)c1. The highest BCUT2D eigenvalue weighted by molar-refractivity contribution is 14.1. The first kappa shape index (κ1) is 18.3. The van der Waals surface area contributed by atoms with Crippen molar-refractivity contribution in [2.45, 2.75) is 24.8 Å². The van der Waals surface area contributed by atoms with Crippen LogP contribution in [-0.2, 0) is 10.0 Å². The number of nitrogens with zero attached hydrogens (tertiary/aromatic N) is 1. The van der Waals surface area contributed by atoms with Crippen molar-refractivity contribution in [3.63, 3.8) is 0 Å². The summed E-state index contributed by atoms with van der Waals surface area (Å²) in [7, 11) is -1.79. The highest BCUT2D eigenvalue weighted by Crippen LogP contribution is 2.17. The van der Waals surface area contributed by atoms with E-state index in [4.69, 9.17) is 5.11 Å². The Bertz CT molecular complexity index is 617. The average Bonchev–Trinajstić information content (AvgIpc) is 2.38. The largest absolute Gasteiger partial charge is 0.478 e. The molecule has 0 bridgehead atoms. The summed E-state index contributed by atoms with van der Waals surface area (Å²) in [6.07, 6.45) is 0. The van der Waals surface area contributed by atoms with Crippen LogP contribution in [0.2, 0.25) is 0 Å². The molecular weight excluding hydrogens is 407 g/mol. The second-order valence-corrected chi connectivity index (χ2v) is 7.85. The zero-order valence-electron chi connectivity index (χ0n) is 12.1. The van der Waals surface area contributed by atoms with Crippen molar-refractivity contribution in [2.75, 3.05) is 20.1 Å². The number of hydrogen-bond donors (Lipinski definition) is 2. The molecule has 0 aliphatic carbocycles. The van der Waals surface area contributed by atoms with Crippen molar-refractivity contribution in [1.29, 1.82) is 0 Å². The Morgan fingerprint density at radius 3 is 2.57 bits per heavy atom. The van der Waals surface area contributed by atoms with Crippen molar-refractivity contribution in [2.24, 2.45) is 0 Å². The summed E-state index contributed by atoms with van der Waals surface area (Å²) in [5.74, 6) is -1.14. The fourth-order valence-corrected chi connectivity index (χ4v) is 3.15. The van der Waals surface area contributed by atoms with E-state index in [9.17, 15) is 13.2 Å². The van der Waals surface area contributed by atoms with Crippen molar-refractivity contribution < 1.29 is 18.3 Å². The number of benzene rings is 1. The second kappa shape index (κ2) is 7.52. The van der Waals surface area contributed by atoms with Gasteiger partial charge in [0.05, 0.1) is 10.5 Å². The van der Waals surface area contributed by atoms with Crippen LogP contribution in [0.5, 0.6) is 0 Å². The molecule has 0 atom stereocenters. The minimum atomic E-state index is -3.70. The number of carboxylic acid groups (broad SMARTS) is 1. The minimum absolute atomic E-state index is 0.0160. The van der Waals surface area contributed by atoms with Gasteiger partial charge in [0.2, 0.25) is 10.0 Å². The van der Waals surface area contributed by atoms with E-state index < -0.39 is 16.0 Å². The third kappa shape index (κ3) is 5.20. The van der Waals surface area contributed by atoms with Crippen LogP contribution in [-0.4, -0.2) is 50.6 Å². The molecule has 0 aliphatic heterocycles. The molecule has 0 heterocycles. The van der Waals surface area contributed by atoms with Gasteiger partial charge in [0.25, 0.3) is 0 Å². The lowest BCUT2D eigenvalue weighted by Gasteiger charge is -2.20. The molecule has 118 valence electrons. The standard InChI is InChI=1S/C13H19IN2O4S/c1-9(2)16(3)7-6-15-21(19,20)10-4-5-12(14)11(8-10)13(17)18/h4-5,8-9,15H,6-7H2,1-3H3,(H,17,18). The molecule has 0 saturated heterocycles. The molecule has 0 amide bonds. The number of nitrogens with one attached hydrogen (secondary N) is 1. The summed E-state index contributed by atoms with van der Waals surface area (Å²) in [5, 5.41) is 9.04. The van der Waals surface area contributed by atoms with Crippen LogP contribution in [0.4, 0.5) is 0 Å². The van der Waals surface area contributed by atoms with Gasteiger partial charge in [0.1, 0.15) is 0 Å². The summed E-state index contributed by atoms with van der Waals surface area (Å²) in [5.41, 5.74) is -0.0160. The summed E-state index contributed by atoms with van der Waals surface area (Å²) < 4.78 is 27.3. The van der Waals surface area contributed by atoms with Gasteiger partial charge in [-0.3, -0.25) is 0 Å². The van der Waals surface area contributed by atoms with Crippen molar-refractivity contribution in [3.05, 3.63) is 27.3 Å². The first-order chi connectivity index (χ1) is 9.65. The van der Waals surface area contributed by atoms with Gasteiger partial charge in [-0.1, -0.05) is 0 Å². The van der Waals surface area contributed by atoms with Gasteiger partial charge in [0.15, 0.2) is 0 Å². The number of hydrogen-bond acceptors (Lipinski definition) is 4. The van der Waals surface area contributed by atoms with Crippen LogP contribution in [0.1, 0.15) is 24.2 Å². The molecule has 0 fully saturated rings. The number of halogens is 1. The zero-order chi connectivity index (χ0) is 16.2. The van der Waals surface area contributed by atoms with Crippen LogP contribution in [0.3, 0.4) is 0 Å². The second-order valence-electron chi connectivity index (χ2n) is 4.92. The van der Waals surface area contributed by atoms with Gasteiger partial charge in [-0.25, -0.2) is 17.9 Å². The lowest BCUT2D eigenvalue weighted by molar-refractivity contribution is 0.0695. The molecule has 0 radical (unpaired) electrons. The van der Waals surface area contributed by atoms with Crippen LogP contribution in [0, 0.1) is 3.57 Å². The van der Waals surface area contributed by atoms with E-state index in [1.54, 1.807) is 0 Å². The number of aromatic carboxylic acids is 1. The van der Waals surface area contributed by atoms with Crippen LogP contribution >= 0.6 is 22.6 Å². The highest BCUT2D eigenvalue weighted by atomic mass is 127. The van der Waals surface area contributed by atoms with E-state index in [-0.39, 0.29) is 17.0 Å². The van der Waals surface area contributed by atoms with E-state index >= 15 is 0 Å². The Morgan fingerprint density at radius 1 is 1.43 bits per heavy atom. The molecule has 1 aromatic rings. The van der Waals surface area contributed by atoms with E-state index in [1.165, 1.54) is 18.2 Å². The molecule has 0 spiro atoms. The monoisotopic (exact) mass is 426 g/mol. The van der Waals surface area contributed by atoms with E-state index in [1.807, 2.05) is 48.4 Å². The molecule has 1 rings (SSSR count). The van der Waals surface area contributed by atoms with Gasteiger partial charge in [-0.15, -0.1) is 0 Å². The normalized spacial score (nSPS) is 12.1. The maximum Gasteiger partial charge on any atom is 0.336 e. The first-order valence-electron chi connectivity index (χ1n) is 6.38. The average molecular weight is 426 g/mol. The Morgan fingerprint density at radius 2 is 2.05 bits per heavy atom. The molecular formula is C13H19IN2O4S. The van der Waals surface area contributed by atoms with Gasteiger partial charge < -0.3 is 10.0 Å². The van der Waals surface area contributed by atoms with Crippen LogP contribution in [0.15, 0.2) is 23.1 Å². The number of carbonyl (C=O) groups is 1. The summed E-state index contributed by atoms with van der Waals surface area (Å²) >= 11 is 1.86. The third-order valence-electron chi connectivity index (χ3n) is 3.12. The topological polar surface area (TPSA) is 86.7 Å². The van der Waals surface area contributed by atoms with Crippen molar-refractivity contribution >= 4 is 38.6 Å². The molecule has 0 aliphatic rings. The zero-order valence-corrected chi connectivity index (χ0v) is 15.1. The lowest BCUT2D eigenvalue weighted by Crippen LogP contribution is -2.36. The summed E-state index contributed by atoms with van der Waals surface area (Å²) in [4.78, 5) is 13.0. The molecule has 1 aromatic carbocycles. The number of sulfonamides is 1. The van der Waals surface area contributed by atoms with E-state index in [0.29, 0.717) is 16.2 Å². The number of rotatable bonds is 7. The predicted octanol–water partition coefficient (Wildman–Crippen LogP) is 1.61. The maximum absolute atomic E-state index is 12.1. The Kier molecular flexibility index (Phi) is 6.57. The van der Waals surface area contributed by atoms with Crippen LogP contribution < -0.4 is 4.72 Å². The molecule has 2 N–H and O–H groups in total. The Labute approximate surface area is 138 Å². The quantitative estimate of drug-likeness (QED) is 0.648. The Balaban J connectivity index is 2.84. The molecule has 21 heavy (non-hydrogen) atoms. The predicted molar refractivity (Wildman–Crippen MR) is 89.1 cm³/mol. The molecule has 8 heteroatoms. The van der Waals surface area contributed by atoms with Crippen LogP contribution in [0.25, 0.3) is 0 Å². The molecule has 0 unspecified atom stereocenters. The summed E-state index contributed by atoms with van der Waals surface area (Å²) in [6, 6.07) is 4.39. The fourth-order valence-electron chi connectivity index (χ4n) is 1.53. The maximum atomic E-state index is 12.1. The molecule has 0 aromatic heterocycles. The highest BCUT2D eigenvalue weighted by Gasteiger charge is 2.18. The summed E-state index contributed by atoms with van der Waals surface area (Å²) in [6.45, 7) is 4.89. The fraction of sp³-hybridized carbons (Fsp3) is 0.462. The van der Waals surface area contributed by atoms with Crippen molar-refractivity contribution in [3.8, 4) is 0 Å². The number of likely N-dealkylation sites (N-methyl/N-ethyl adjacent to an activating group) is 1. The minimum Gasteiger partial charge on any atom is -0.478 e. The molecule has 0 saturated carbocycles. The lowest BCUT2D eigenvalue weighted by atomic mass is 10.2. The van der Waals surface area contributed by atoms with Gasteiger partial charge in [-0.2, -0.15) is 0 Å². The van der Waals surface area contributed by atoms with Gasteiger partial charge >= 0.3 is 5.97 Å². The molecule has 6 nitrogen and oxygen atoms in total.